The van der Waals surface area contributed by atoms with Gasteiger partial charge in [0.1, 0.15) is 11.8 Å². The number of nitrogens with one attached hydrogen (secondary N) is 1. The molecule has 0 aliphatic heterocycles. The van der Waals surface area contributed by atoms with Crippen molar-refractivity contribution in [3.63, 3.8) is 0 Å². The van der Waals surface area contributed by atoms with Crippen molar-refractivity contribution in [3.8, 4) is 0 Å². The van der Waals surface area contributed by atoms with Gasteiger partial charge in [-0.25, -0.2) is 0 Å². The van der Waals surface area contributed by atoms with E-state index in [0.717, 1.165) is 22.9 Å². The van der Waals surface area contributed by atoms with E-state index in [0.29, 0.717) is 5.92 Å². The summed E-state index contributed by atoms with van der Waals surface area (Å²) in [5.41, 5.74) is 1.05. The van der Waals surface area contributed by atoms with E-state index in [9.17, 15) is 0 Å². The maximum absolute atomic E-state index is 5.50. The molecule has 0 radical (unpaired) electrons. The van der Waals surface area contributed by atoms with Gasteiger partial charge < -0.3 is 9.73 Å². The van der Waals surface area contributed by atoms with E-state index in [1.165, 1.54) is 11.5 Å². The number of nitrogens with zero attached hydrogens (tertiary/aromatic N) is 2. The number of hydrogen-bond acceptors (Lipinski definition) is 5. The molecule has 0 aliphatic rings. The van der Waals surface area contributed by atoms with Crippen molar-refractivity contribution in [3.05, 3.63) is 34.7 Å². The van der Waals surface area contributed by atoms with Crippen LogP contribution in [0.2, 0.25) is 0 Å². The first-order chi connectivity index (χ1) is 8.24. The molecule has 5 heteroatoms. The molecule has 92 valence electrons. The van der Waals surface area contributed by atoms with Gasteiger partial charge in [0.25, 0.3) is 0 Å². The van der Waals surface area contributed by atoms with Crippen LogP contribution in [0.3, 0.4) is 0 Å². The maximum Gasteiger partial charge on any atom is 0.126 e. The molecule has 0 amide bonds. The zero-order valence-electron chi connectivity index (χ0n) is 10.3. The van der Waals surface area contributed by atoms with Crippen molar-refractivity contribution in [1.82, 2.24) is 14.9 Å². The molecule has 0 aliphatic carbocycles. The quantitative estimate of drug-likeness (QED) is 0.887. The molecule has 4 nitrogen and oxygen atoms in total. The SMILES string of the molecule is CCNC(c1ccco1)c1snnc1C(C)C. The molecule has 2 heterocycles. The van der Waals surface area contributed by atoms with Crippen LogP contribution >= 0.6 is 11.5 Å². The molecule has 0 saturated carbocycles. The highest BCUT2D eigenvalue weighted by atomic mass is 32.1. The monoisotopic (exact) mass is 251 g/mol. The molecule has 0 bridgehead atoms. The standard InChI is InChI=1S/C12H17N3OS/c1-4-13-11(9-6-5-7-16-9)12-10(8(2)3)14-15-17-12/h5-8,11,13H,4H2,1-3H3. The van der Waals surface area contributed by atoms with Crippen LogP contribution in [0.25, 0.3) is 0 Å². The van der Waals surface area contributed by atoms with Crippen LogP contribution in [0, 0.1) is 0 Å². The first-order valence-electron chi connectivity index (χ1n) is 5.83. The third-order valence-electron chi connectivity index (χ3n) is 2.59. The molecule has 1 unspecified atom stereocenters. The molecule has 1 atom stereocenters. The molecule has 2 aromatic rings. The Morgan fingerprint density at radius 2 is 2.29 bits per heavy atom. The second-order valence-electron chi connectivity index (χ2n) is 4.18. The first-order valence-corrected chi connectivity index (χ1v) is 6.60. The molecular weight excluding hydrogens is 234 g/mol. The number of furan rings is 1. The molecule has 2 rings (SSSR count). The van der Waals surface area contributed by atoms with Gasteiger partial charge in [0.05, 0.1) is 16.8 Å². The van der Waals surface area contributed by atoms with Crippen molar-refractivity contribution < 1.29 is 4.42 Å². The summed E-state index contributed by atoms with van der Waals surface area (Å²) in [6.07, 6.45) is 1.70. The third kappa shape index (κ3) is 2.56. The fourth-order valence-corrected chi connectivity index (χ4v) is 2.68. The lowest BCUT2D eigenvalue weighted by molar-refractivity contribution is 0.453. The van der Waals surface area contributed by atoms with Crippen molar-refractivity contribution in [2.24, 2.45) is 0 Å². The van der Waals surface area contributed by atoms with Gasteiger partial charge in [0.15, 0.2) is 0 Å². The van der Waals surface area contributed by atoms with Crippen LogP contribution < -0.4 is 5.32 Å². The molecule has 0 saturated heterocycles. The van der Waals surface area contributed by atoms with Crippen LogP contribution in [0.4, 0.5) is 0 Å². The predicted octanol–water partition coefficient (Wildman–Crippen LogP) is 2.95. The highest BCUT2D eigenvalue weighted by Gasteiger charge is 2.23. The summed E-state index contributed by atoms with van der Waals surface area (Å²) >= 11 is 1.44. The van der Waals surface area contributed by atoms with Gasteiger partial charge >= 0.3 is 0 Å². The highest BCUT2D eigenvalue weighted by Crippen LogP contribution is 2.30. The van der Waals surface area contributed by atoms with Crippen LogP contribution in [0.15, 0.2) is 22.8 Å². The fraction of sp³-hybridized carbons (Fsp3) is 0.500. The van der Waals surface area contributed by atoms with Crippen molar-refractivity contribution in [1.29, 1.82) is 0 Å². The van der Waals surface area contributed by atoms with Gasteiger partial charge in [-0.05, 0) is 36.1 Å². The van der Waals surface area contributed by atoms with E-state index in [1.807, 2.05) is 12.1 Å². The summed E-state index contributed by atoms with van der Waals surface area (Å²) in [7, 11) is 0. The van der Waals surface area contributed by atoms with E-state index in [1.54, 1.807) is 6.26 Å². The van der Waals surface area contributed by atoms with Crippen LogP contribution in [0.1, 0.15) is 49.1 Å². The van der Waals surface area contributed by atoms with E-state index >= 15 is 0 Å². The van der Waals surface area contributed by atoms with E-state index in [-0.39, 0.29) is 6.04 Å². The largest absolute Gasteiger partial charge is 0.467 e. The Morgan fingerprint density at radius 1 is 1.47 bits per heavy atom. The second kappa shape index (κ2) is 5.42. The first kappa shape index (κ1) is 12.3. The zero-order valence-corrected chi connectivity index (χ0v) is 11.1. The molecule has 2 aromatic heterocycles. The fourth-order valence-electron chi connectivity index (χ4n) is 1.79. The van der Waals surface area contributed by atoms with Gasteiger partial charge in [0.2, 0.25) is 0 Å². The number of aromatic nitrogens is 2. The Balaban J connectivity index is 2.36. The predicted molar refractivity (Wildman–Crippen MR) is 68.2 cm³/mol. The normalized spacial score (nSPS) is 13.2. The molecule has 0 fully saturated rings. The Bertz CT molecular complexity index is 450. The zero-order chi connectivity index (χ0) is 12.3. The van der Waals surface area contributed by atoms with E-state index in [4.69, 9.17) is 4.42 Å². The number of hydrogen-bond donors (Lipinski definition) is 1. The van der Waals surface area contributed by atoms with E-state index in [2.05, 4.69) is 35.7 Å². The third-order valence-corrected chi connectivity index (χ3v) is 3.39. The molecular formula is C12H17N3OS. The topological polar surface area (TPSA) is 51.0 Å². The lowest BCUT2D eigenvalue weighted by Gasteiger charge is -2.15. The summed E-state index contributed by atoms with van der Waals surface area (Å²) in [5.74, 6) is 1.29. The Kier molecular flexibility index (Phi) is 3.91. The van der Waals surface area contributed by atoms with Gasteiger partial charge in [0, 0.05) is 0 Å². The van der Waals surface area contributed by atoms with Crippen LogP contribution in [-0.2, 0) is 0 Å². The summed E-state index contributed by atoms with van der Waals surface area (Å²) in [4.78, 5) is 1.15. The smallest absolute Gasteiger partial charge is 0.126 e. The maximum atomic E-state index is 5.50. The van der Waals surface area contributed by atoms with Crippen LogP contribution in [-0.4, -0.2) is 16.1 Å². The van der Waals surface area contributed by atoms with E-state index < -0.39 is 0 Å². The molecule has 17 heavy (non-hydrogen) atoms. The van der Waals surface area contributed by atoms with Gasteiger partial charge in [-0.1, -0.05) is 25.3 Å². The summed E-state index contributed by atoms with van der Waals surface area (Å²) in [5, 5.41) is 7.63. The summed E-state index contributed by atoms with van der Waals surface area (Å²) < 4.78 is 9.56. The van der Waals surface area contributed by atoms with Gasteiger partial charge in [-0.3, -0.25) is 0 Å². The highest BCUT2D eigenvalue weighted by molar-refractivity contribution is 7.05. The second-order valence-corrected chi connectivity index (χ2v) is 4.97. The van der Waals surface area contributed by atoms with Gasteiger partial charge in [-0.15, -0.1) is 5.10 Å². The molecule has 1 N–H and O–H groups in total. The summed E-state index contributed by atoms with van der Waals surface area (Å²) in [6.45, 7) is 7.22. The van der Waals surface area contributed by atoms with Crippen LogP contribution in [0.5, 0.6) is 0 Å². The molecule has 0 aromatic carbocycles. The van der Waals surface area contributed by atoms with Crippen molar-refractivity contribution >= 4 is 11.5 Å². The Morgan fingerprint density at radius 3 is 2.88 bits per heavy atom. The minimum Gasteiger partial charge on any atom is -0.467 e. The molecule has 0 spiro atoms. The average molecular weight is 251 g/mol. The van der Waals surface area contributed by atoms with Crippen molar-refractivity contribution in [2.75, 3.05) is 6.54 Å². The van der Waals surface area contributed by atoms with Gasteiger partial charge in [-0.2, -0.15) is 0 Å². The average Bonchev–Trinajstić information content (AvgIpc) is 2.96. The minimum absolute atomic E-state index is 0.0624. The lowest BCUT2D eigenvalue weighted by Crippen LogP contribution is -2.21. The minimum atomic E-state index is 0.0624. The lowest BCUT2D eigenvalue weighted by atomic mass is 10.0. The Labute approximate surface area is 105 Å². The van der Waals surface area contributed by atoms with Crippen molar-refractivity contribution in [2.45, 2.75) is 32.7 Å². The summed E-state index contributed by atoms with van der Waals surface area (Å²) in [6, 6.07) is 3.95. The number of rotatable bonds is 5. The Hall–Kier alpha value is -1.20.